The molecule has 0 amide bonds. The molecule has 2 N–H and O–H groups in total. The first-order valence-corrected chi connectivity index (χ1v) is 6.56. The normalized spacial score (nSPS) is 24.1. The van der Waals surface area contributed by atoms with Crippen LogP contribution >= 0.6 is 0 Å². The molecule has 1 aliphatic rings. The predicted molar refractivity (Wildman–Crippen MR) is 56.3 cm³/mol. The Morgan fingerprint density at radius 3 is 2.64 bits per heavy atom. The van der Waals surface area contributed by atoms with Gasteiger partial charge in [-0.25, -0.2) is 13.4 Å². The molecular formula is C8H19N3O2S. The summed E-state index contributed by atoms with van der Waals surface area (Å²) in [6, 6.07) is 0.112. The van der Waals surface area contributed by atoms with Crippen LogP contribution in [0.5, 0.6) is 0 Å². The lowest BCUT2D eigenvalue weighted by Gasteiger charge is -2.24. The molecule has 0 spiro atoms. The molecule has 84 valence electrons. The first-order valence-electron chi connectivity index (χ1n) is 4.90. The Kier molecular flexibility index (Phi) is 4.31. The molecule has 1 unspecified atom stereocenters. The van der Waals surface area contributed by atoms with Gasteiger partial charge in [-0.05, 0) is 19.4 Å². The van der Waals surface area contributed by atoms with Crippen LogP contribution in [-0.2, 0) is 10.0 Å². The fourth-order valence-corrected chi connectivity index (χ4v) is 3.09. The highest BCUT2D eigenvalue weighted by Gasteiger charge is 2.20. The summed E-state index contributed by atoms with van der Waals surface area (Å²) in [5, 5.41) is 4.67. The van der Waals surface area contributed by atoms with Gasteiger partial charge in [0.1, 0.15) is 0 Å². The van der Waals surface area contributed by atoms with Gasteiger partial charge in [-0.1, -0.05) is 6.42 Å². The molecule has 1 aliphatic heterocycles. The predicted octanol–water partition coefficient (Wildman–Crippen LogP) is -0.475. The Hall–Kier alpha value is -0.170. The minimum absolute atomic E-state index is 0.112. The molecule has 0 radical (unpaired) electrons. The van der Waals surface area contributed by atoms with Crippen molar-refractivity contribution >= 4 is 10.0 Å². The van der Waals surface area contributed by atoms with Crippen molar-refractivity contribution in [3.63, 3.8) is 0 Å². The molecular weight excluding hydrogens is 202 g/mol. The van der Waals surface area contributed by atoms with Crippen LogP contribution in [0.15, 0.2) is 0 Å². The molecule has 1 saturated heterocycles. The van der Waals surface area contributed by atoms with E-state index < -0.39 is 10.0 Å². The van der Waals surface area contributed by atoms with Gasteiger partial charge in [0, 0.05) is 20.1 Å². The third kappa shape index (κ3) is 4.36. The fourth-order valence-electron chi connectivity index (χ4n) is 1.65. The summed E-state index contributed by atoms with van der Waals surface area (Å²) in [5.74, 6) is 0.172. The molecule has 1 heterocycles. The largest absolute Gasteiger partial charge is 0.313 e. The van der Waals surface area contributed by atoms with Crippen molar-refractivity contribution in [2.75, 3.05) is 26.4 Å². The van der Waals surface area contributed by atoms with E-state index in [-0.39, 0.29) is 11.8 Å². The number of hydrogen-bond donors (Lipinski definition) is 2. The van der Waals surface area contributed by atoms with E-state index >= 15 is 0 Å². The summed E-state index contributed by atoms with van der Waals surface area (Å²) in [5.41, 5.74) is 0. The van der Waals surface area contributed by atoms with Gasteiger partial charge in [0.05, 0.1) is 5.75 Å². The van der Waals surface area contributed by atoms with Crippen LogP contribution in [0.1, 0.15) is 19.3 Å². The standard InChI is InChI=1S/C8H19N3O2S/c1-11(2)10-14(12,13)7-8-5-3-4-6-9-8/h8-10H,3-7H2,1-2H3. The molecule has 6 heteroatoms. The third-order valence-corrected chi connectivity index (χ3v) is 3.64. The van der Waals surface area contributed by atoms with Gasteiger partial charge in [-0.15, -0.1) is 4.83 Å². The summed E-state index contributed by atoms with van der Waals surface area (Å²) >= 11 is 0. The SMILES string of the molecule is CN(C)NS(=O)(=O)CC1CCCCN1. The van der Waals surface area contributed by atoms with Crippen LogP contribution in [0.4, 0.5) is 0 Å². The number of piperidine rings is 1. The molecule has 1 rings (SSSR count). The number of nitrogens with one attached hydrogen (secondary N) is 2. The van der Waals surface area contributed by atoms with Crippen LogP contribution in [0.3, 0.4) is 0 Å². The van der Waals surface area contributed by atoms with E-state index in [0.29, 0.717) is 0 Å². The number of sulfonamides is 1. The Balaban J connectivity index is 2.41. The highest BCUT2D eigenvalue weighted by molar-refractivity contribution is 7.89. The van der Waals surface area contributed by atoms with E-state index in [1.807, 2.05) is 0 Å². The van der Waals surface area contributed by atoms with Crippen molar-refractivity contribution < 1.29 is 8.42 Å². The second kappa shape index (κ2) is 5.06. The molecule has 0 bridgehead atoms. The van der Waals surface area contributed by atoms with Crippen molar-refractivity contribution in [1.29, 1.82) is 0 Å². The van der Waals surface area contributed by atoms with Gasteiger partial charge in [-0.3, -0.25) is 0 Å². The zero-order chi connectivity index (χ0) is 10.6. The molecule has 0 aromatic carbocycles. The maximum absolute atomic E-state index is 11.5. The van der Waals surface area contributed by atoms with Gasteiger partial charge < -0.3 is 5.32 Å². The van der Waals surface area contributed by atoms with Gasteiger partial charge in [-0.2, -0.15) is 0 Å². The lowest BCUT2D eigenvalue weighted by Crippen LogP contribution is -2.45. The summed E-state index contributed by atoms with van der Waals surface area (Å²) in [6.07, 6.45) is 3.22. The van der Waals surface area contributed by atoms with Crippen molar-refractivity contribution in [2.24, 2.45) is 0 Å². The van der Waals surface area contributed by atoms with Gasteiger partial charge >= 0.3 is 0 Å². The van der Waals surface area contributed by atoms with Crippen LogP contribution in [-0.4, -0.2) is 45.9 Å². The van der Waals surface area contributed by atoms with Crippen molar-refractivity contribution in [3.05, 3.63) is 0 Å². The molecule has 1 fully saturated rings. The number of hydrazine groups is 1. The van der Waals surface area contributed by atoms with Crippen molar-refractivity contribution in [3.8, 4) is 0 Å². The Bertz CT molecular complexity index is 258. The van der Waals surface area contributed by atoms with Crippen LogP contribution in [0.25, 0.3) is 0 Å². The molecule has 14 heavy (non-hydrogen) atoms. The fraction of sp³-hybridized carbons (Fsp3) is 1.00. The smallest absolute Gasteiger partial charge is 0.225 e. The second-order valence-electron chi connectivity index (χ2n) is 3.91. The van der Waals surface area contributed by atoms with Crippen LogP contribution in [0, 0.1) is 0 Å². The first kappa shape index (κ1) is 11.9. The van der Waals surface area contributed by atoms with E-state index in [9.17, 15) is 8.42 Å². The Morgan fingerprint density at radius 2 is 2.14 bits per heavy atom. The van der Waals surface area contributed by atoms with Gasteiger partial charge in [0.2, 0.25) is 10.0 Å². The number of rotatable bonds is 4. The van der Waals surface area contributed by atoms with Gasteiger partial charge in [0.25, 0.3) is 0 Å². The summed E-state index contributed by atoms with van der Waals surface area (Å²) < 4.78 is 23.0. The molecule has 0 aromatic heterocycles. The van der Waals surface area contributed by atoms with Crippen molar-refractivity contribution in [2.45, 2.75) is 25.3 Å². The maximum atomic E-state index is 11.5. The average Bonchev–Trinajstić information content (AvgIpc) is 2.02. The van der Waals surface area contributed by atoms with Crippen LogP contribution < -0.4 is 10.1 Å². The Morgan fingerprint density at radius 1 is 1.43 bits per heavy atom. The zero-order valence-corrected chi connectivity index (χ0v) is 9.60. The number of nitrogens with zero attached hydrogens (tertiary/aromatic N) is 1. The minimum atomic E-state index is -3.17. The highest BCUT2D eigenvalue weighted by Crippen LogP contribution is 2.08. The lowest BCUT2D eigenvalue weighted by molar-refractivity contribution is 0.358. The summed E-state index contributed by atoms with van der Waals surface area (Å²) in [7, 11) is 0.178. The molecule has 0 aromatic rings. The zero-order valence-electron chi connectivity index (χ0n) is 8.78. The average molecular weight is 221 g/mol. The highest BCUT2D eigenvalue weighted by atomic mass is 32.2. The summed E-state index contributed by atoms with van der Waals surface area (Å²) in [6.45, 7) is 0.933. The summed E-state index contributed by atoms with van der Waals surface area (Å²) in [4.78, 5) is 2.43. The van der Waals surface area contributed by atoms with Gasteiger partial charge in [0.15, 0.2) is 0 Å². The van der Waals surface area contributed by atoms with E-state index in [1.54, 1.807) is 14.1 Å². The number of hydrogen-bond acceptors (Lipinski definition) is 4. The molecule has 0 aliphatic carbocycles. The van der Waals surface area contributed by atoms with E-state index in [4.69, 9.17) is 0 Å². The molecule has 0 saturated carbocycles. The minimum Gasteiger partial charge on any atom is -0.313 e. The van der Waals surface area contributed by atoms with Crippen molar-refractivity contribution in [1.82, 2.24) is 15.2 Å². The maximum Gasteiger partial charge on any atom is 0.225 e. The monoisotopic (exact) mass is 221 g/mol. The third-order valence-electron chi connectivity index (χ3n) is 2.15. The van der Waals surface area contributed by atoms with E-state index in [0.717, 1.165) is 25.8 Å². The van der Waals surface area contributed by atoms with Crippen LogP contribution in [0.2, 0.25) is 0 Å². The lowest BCUT2D eigenvalue weighted by atomic mass is 10.1. The van der Waals surface area contributed by atoms with E-state index in [1.165, 1.54) is 5.01 Å². The second-order valence-corrected chi connectivity index (χ2v) is 5.66. The topological polar surface area (TPSA) is 61.4 Å². The first-order chi connectivity index (χ1) is 6.49. The quantitative estimate of drug-likeness (QED) is 0.630. The molecule has 5 nitrogen and oxygen atoms in total. The Labute approximate surface area is 85.9 Å². The molecule has 1 atom stereocenters. The van der Waals surface area contributed by atoms with E-state index in [2.05, 4.69) is 10.1 Å².